The molecule has 0 aromatic heterocycles. The van der Waals surface area contributed by atoms with Gasteiger partial charge in [0, 0.05) is 6.42 Å². The fourth-order valence-corrected chi connectivity index (χ4v) is 0.860. The van der Waals surface area contributed by atoms with Crippen LogP contribution >= 0.6 is 0 Å². The van der Waals surface area contributed by atoms with Crippen molar-refractivity contribution in [2.24, 2.45) is 0 Å². The standard InChI is InChI=1S/C8H16O3.Na.H/c1-2-7(9)5-3-4-6-8(10)11;;/h7,9H,2-6H2,1H3,(H,10,11);;/q;+1;-1. The predicted molar refractivity (Wildman–Crippen MR) is 43.5 cm³/mol. The molecule has 1 unspecified atom stereocenters. The Morgan fingerprint density at radius 3 is 2.50 bits per heavy atom. The number of aliphatic hydroxyl groups excluding tert-OH is 1. The van der Waals surface area contributed by atoms with Gasteiger partial charge in [0.25, 0.3) is 0 Å². The van der Waals surface area contributed by atoms with Gasteiger partial charge in [-0.1, -0.05) is 13.3 Å². The van der Waals surface area contributed by atoms with Crippen molar-refractivity contribution in [3.05, 3.63) is 0 Å². The van der Waals surface area contributed by atoms with Crippen LogP contribution in [0.1, 0.15) is 40.5 Å². The van der Waals surface area contributed by atoms with Gasteiger partial charge < -0.3 is 11.6 Å². The number of aliphatic carboxylic acids is 1. The third-order valence-electron chi connectivity index (χ3n) is 1.65. The quantitative estimate of drug-likeness (QED) is 0.391. The minimum absolute atomic E-state index is 0. The van der Waals surface area contributed by atoms with Crippen molar-refractivity contribution in [1.29, 1.82) is 0 Å². The van der Waals surface area contributed by atoms with E-state index in [1.807, 2.05) is 6.92 Å². The van der Waals surface area contributed by atoms with Gasteiger partial charge in [-0.25, -0.2) is 0 Å². The maximum absolute atomic E-state index is 10.1. The van der Waals surface area contributed by atoms with E-state index in [0.717, 1.165) is 19.3 Å². The number of hydrogen-bond acceptors (Lipinski definition) is 2. The van der Waals surface area contributed by atoms with Gasteiger partial charge in [-0.2, -0.15) is 0 Å². The van der Waals surface area contributed by atoms with Gasteiger partial charge in [-0.3, -0.25) is 4.79 Å². The molecule has 4 heteroatoms. The first-order chi connectivity index (χ1) is 5.16. The van der Waals surface area contributed by atoms with Gasteiger partial charge in [0.15, 0.2) is 0 Å². The van der Waals surface area contributed by atoms with E-state index in [1.54, 1.807) is 0 Å². The summed E-state index contributed by atoms with van der Waals surface area (Å²) in [6, 6.07) is 0. The molecule has 1 atom stereocenters. The minimum atomic E-state index is -0.754. The molecule has 0 amide bonds. The first-order valence-corrected chi connectivity index (χ1v) is 4.06. The van der Waals surface area contributed by atoms with Crippen molar-refractivity contribution in [3.63, 3.8) is 0 Å². The van der Waals surface area contributed by atoms with Crippen molar-refractivity contribution >= 4 is 5.97 Å². The molecule has 2 N–H and O–H groups in total. The number of aliphatic hydroxyl groups is 1. The van der Waals surface area contributed by atoms with E-state index in [1.165, 1.54) is 0 Å². The van der Waals surface area contributed by atoms with Crippen LogP contribution in [0.3, 0.4) is 0 Å². The molecule has 0 heterocycles. The predicted octanol–water partition coefficient (Wildman–Crippen LogP) is -1.48. The van der Waals surface area contributed by atoms with Gasteiger partial charge in [0.05, 0.1) is 6.10 Å². The molecule has 0 spiro atoms. The monoisotopic (exact) mass is 184 g/mol. The molecule has 68 valence electrons. The van der Waals surface area contributed by atoms with E-state index in [9.17, 15) is 4.79 Å². The minimum Gasteiger partial charge on any atom is -1.00 e. The van der Waals surface area contributed by atoms with E-state index in [-0.39, 0.29) is 43.5 Å². The van der Waals surface area contributed by atoms with E-state index in [0.29, 0.717) is 6.42 Å². The average molecular weight is 184 g/mol. The number of hydrogen-bond donors (Lipinski definition) is 2. The van der Waals surface area contributed by atoms with Crippen LogP contribution in [0.25, 0.3) is 0 Å². The van der Waals surface area contributed by atoms with Crippen molar-refractivity contribution in [3.8, 4) is 0 Å². The van der Waals surface area contributed by atoms with Crippen LogP contribution in [0.15, 0.2) is 0 Å². The van der Waals surface area contributed by atoms with E-state index >= 15 is 0 Å². The largest absolute Gasteiger partial charge is 1.00 e. The number of unbranched alkanes of at least 4 members (excludes halogenated alkanes) is 1. The Morgan fingerprint density at radius 1 is 1.50 bits per heavy atom. The summed E-state index contributed by atoms with van der Waals surface area (Å²) in [4.78, 5) is 10.1. The topological polar surface area (TPSA) is 57.5 Å². The van der Waals surface area contributed by atoms with Crippen LogP contribution in [-0.2, 0) is 4.79 Å². The molecule has 0 fully saturated rings. The summed E-state index contributed by atoms with van der Waals surface area (Å²) >= 11 is 0. The Labute approximate surface area is 96.9 Å². The zero-order chi connectivity index (χ0) is 8.69. The first-order valence-electron chi connectivity index (χ1n) is 4.06. The Balaban J connectivity index is -0.000000500. The van der Waals surface area contributed by atoms with E-state index in [4.69, 9.17) is 10.2 Å². The van der Waals surface area contributed by atoms with Gasteiger partial charge in [0.2, 0.25) is 0 Å². The van der Waals surface area contributed by atoms with Crippen LogP contribution < -0.4 is 29.6 Å². The van der Waals surface area contributed by atoms with Crippen LogP contribution in [0.5, 0.6) is 0 Å². The third kappa shape index (κ3) is 10.4. The van der Waals surface area contributed by atoms with Gasteiger partial charge in [-0.15, -0.1) is 0 Å². The van der Waals surface area contributed by atoms with Gasteiger partial charge >= 0.3 is 35.5 Å². The summed E-state index contributed by atoms with van der Waals surface area (Å²) in [5.74, 6) is -0.754. The zero-order valence-corrected chi connectivity index (χ0v) is 9.92. The summed E-state index contributed by atoms with van der Waals surface area (Å²) in [6.07, 6.45) is 2.94. The second-order valence-corrected chi connectivity index (χ2v) is 2.70. The van der Waals surface area contributed by atoms with Gasteiger partial charge in [0.1, 0.15) is 0 Å². The molecule has 0 aliphatic carbocycles. The van der Waals surface area contributed by atoms with Gasteiger partial charge in [-0.05, 0) is 19.3 Å². The number of carboxylic acids is 1. The Hall–Kier alpha value is 0.430. The molecule has 0 bridgehead atoms. The normalized spacial score (nSPS) is 11.8. The second-order valence-electron chi connectivity index (χ2n) is 2.70. The summed E-state index contributed by atoms with van der Waals surface area (Å²) in [7, 11) is 0. The van der Waals surface area contributed by atoms with E-state index in [2.05, 4.69) is 0 Å². The fourth-order valence-electron chi connectivity index (χ4n) is 0.860. The molecule has 0 rings (SSSR count). The third-order valence-corrected chi connectivity index (χ3v) is 1.65. The average Bonchev–Trinajstić information content (AvgIpc) is 1.97. The fraction of sp³-hybridized carbons (Fsp3) is 0.875. The first kappa shape index (κ1) is 14.9. The molecule has 0 aromatic rings. The van der Waals surface area contributed by atoms with Crippen LogP contribution in [-0.4, -0.2) is 22.3 Å². The molecule has 0 saturated heterocycles. The van der Waals surface area contributed by atoms with Crippen molar-refractivity contribution in [2.75, 3.05) is 0 Å². The Kier molecular flexibility index (Phi) is 11.8. The maximum Gasteiger partial charge on any atom is 1.00 e. The Bertz CT molecular complexity index is 122. The summed E-state index contributed by atoms with van der Waals surface area (Å²) < 4.78 is 0. The van der Waals surface area contributed by atoms with E-state index < -0.39 is 5.97 Å². The molecule has 3 nitrogen and oxygen atoms in total. The SMILES string of the molecule is CCC(O)CCCCC(=O)O.[H-].[Na+]. The van der Waals surface area contributed by atoms with Crippen molar-refractivity contribution in [1.82, 2.24) is 0 Å². The zero-order valence-electron chi connectivity index (χ0n) is 8.92. The molecule has 0 aromatic carbocycles. The number of rotatable bonds is 6. The van der Waals surface area contributed by atoms with Crippen LogP contribution in [0.2, 0.25) is 0 Å². The Morgan fingerprint density at radius 2 is 2.08 bits per heavy atom. The van der Waals surface area contributed by atoms with Crippen LogP contribution in [0.4, 0.5) is 0 Å². The molecular formula is C8H17NaO3. The molecule has 0 aliphatic heterocycles. The van der Waals surface area contributed by atoms with Crippen molar-refractivity contribution < 1.29 is 46.0 Å². The molecule has 0 aliphatic rings. The maximum atomic E-state index is 10.1. The van der Waals surface area contributed by atoms with Crippen molar-refractivity contribution in [2.45, 2.75) is 45.1 Å². The number of carbonyl (C=O) groups is 1. The molecule has 0 radical (unpaired) electrons. The number of carboxylic acid groups (broad SMARTS) is 1. The molecule has 12 heavy (non-hydrogen) atoms. The summed E-state index contributed by atoms with van der Waals surface area (Å²) in [6.45, 7) is 1.92. The summed E-state index contributed by atoms with van der Waals surface area (Å²) in [5.41, 5.74) is 0. The molecular weight excluding hydrogens is 167 g/mol. The second kappa shape index (κ2) is 9.52. The smallest absolute Gasteiger partial charge is 1.00 e. The summed E-state index contributed by atoms with van der Waals surface area (Å²) in [5, 5.41) is 17.3. The van der Waals surface area contributed by atoms with Crippen LogP contribution in [0, 0.1) is 0 Å². The molecule has 0 saturated carbocycles.